The molecule has 2 fully saturated rings. The number of hydrogen-bond donors (Lipinski definition) is 1. The van der Waals surface area contributed by atoms with Crippen molar-refractivity contribution < 1.29 is 0 Å². The minimum Gasteiger partial charge on any atom is -0.312 e. The molecule has 0 spiro atoms. The number of piperazine rings is 1. The van der Waals surface area contributed by atoms with Gasteiger partial charge in [-0.3, -0.25) is 9.80 Å². The second-order valence-corrected chi connectivity index (χ2v) is 6.54. The molecule has 1 saturated carbocycles. The van der Waals surface area contributed by atoms with Crippen molar-refractivity contribution in [2.24, 2.45) is 0 Å². The van der Waals surface area contributed by atoms with E-state index in [1.165, 1.54) is 57.5 Å². The number of benzene rings is 1. The molecule has 0 amide bonds. The van der Waals surface area contributed by atoms with Gasteiger partial charge in [-0.1, -0.05) is 37.3 Å². The molecule has 1 aliphatic heterocycles. The van der Waals surface area contributed by atoms with Gasteiger partial charge in [0, 0.05) is 51.4 Å². The predicted octanol–water partition coefficient (Wildman–Crippen LogP) is 2.33. The van der Waals surface area contributed by atoms with Gasteiger partial charge in [-0.2, -0.15) is 0 Å². The van der Waals surface area contributed by atoms with E-state index in [0.29, 0.717) is 0 Å². The van der Waals surface area contributed by atoms with Gasteiger partial charge in [-0.25, -0.2) is 0 Å². The first-order valence-corrected chi connectivity index (χ1v) is 8.59. The first kappa shape index (κ1) is 15.0. The highest BCUT2D eigenvalue weighted by molar-refractivity contribution is 5.14. The zero-order chi connectivity index (χ0) is 14.5. The van der Waals surface area contributed by atoms with Crippen molar-refractivity contribution in [3.05, 3.63) is 35.9 Å². The Kier molecular flexibility index (Phi) is 5.28. The van der Waals surface area contributed by atoms with Gasteiger partial charge in [0.2, 0.25) is 0 Å². The summed E-state index contributed by atoms with van der Waals surface area (Å²) in [5.41, 5.74) is 1.44. The van der Waals surface area contributed by atoms with E-state index in [0.717, 1.165) is 18.6 Å². The van der Waals surface area contributed by atoms with Gasteiger partial charge in [0.1, 0.15) is 0 Å². The lowest BCUT2D eigenvalue weighted by atomic mass is 10.1. The van der Waals surface area contributed by atoms with Crippen LogP contribution in [-0.2, 0) is 6.54 Å². The Morgan fingerprint density at radius 3 is 2.43 bits per heavy atom. The van der Waals surface area contributed by atoms with E-state index in [2.05, 4.69) is 52.4 Å². The maximum Gasteiger partial charge on any atom is 0.0234 e. The molecule has 1 saturated heterocycles. The molecule has 21 heavy (non-hydrogen) atoms. The lowest BCUT2D eigenvalue weighted by Gasteiger charge is -2.39. The van der Waals surface area contributed by atoms with E-state index < -0.39 is 0 Å². The molecule has 1 atom stereocenters. The minimum atomic E-state index is 0.726. The molecule has 0 radical (unpaired) electrons. The van der Waals surface area contributed by atoms with Crippen LogP contribution in [0.1, 0.15) is 31.7 Å². The van der Waals surface area contributed by atoms with Crippen LogP contribution < -0.4 is 5.32 Å². The molecule has 2 aliphatic rings. The van der Waals surface area contributed by atoms with Gasteiger partial charge in [0.05, 0.1) is 0 Å². The van der Waals surface area contributed by atoms with Crippen molar-refractivity contribution in [3.8, 4) is 0 Å². The van der Waals surface area contributed by atoms with E-state index in [1.54, 1.807) is 0 Å². The predicted molar refractivity (Wildman–Crippen MR) is 88.4 cm³/mol. The summed E-state index contributed by atoms with van der Waals surface area (Å²) in [5.74, 6) is 0. The van der Waals surface area contributed by atoms with E-state index in [-0.39, 0.29) is 0 Å². The average molecular weight is 287 g/mol. The molecule has 1 N–H and O–H groups in total. The molecule has 1 heterocycles. The summed E-state index contributed by atoms with van der Waals surface area (Å²) in [6.07, 6.45) is 4.04. The molecule has 1 aromatic rings. The quantitative estimate of drug-likeness (QED) is 0.830. The van der Waals surface area contributed by atoms with Crippen molar-refractivity contribution in [2.75, 3.05) is 32.7 Å². The minimum absolute atomic E-state index is 0.726. The fraction of sp³-hybridized carbons (Fsp3) is 0.667. The van der Waals surface area contributed by atoms with Crippen LogP contribution in [0.3, 0.4) is 0 Å². The smallest absolute Gasteiger partial charge is 0.0234 e. The third-order valence-electron chi connectivity index (χ3n) is 4.86. The molecule has 3 rings (SSSR count). The summed E-state index contributed by atoms with van der Waals surface area (Å²) in [6.45, 7) is 9.46. The molecule has 3 heteroatoms. The van der Waals surface area contributed by atoms with Crippen LogP contribution in [-0.4, -0.2) is 54.6 Å². The molecular weight excluding hydrogens is 258 g/mol. The Labute approximate surface area is 129 Å². The second kappa shape index (κ2) is 7.39. The largest absolute Gasteiger partial charge is 0.312 e. The van der Waals surface area contributed by atoms with E-state index in [1.807, 2.05) is 0 Å². The van der Waals surface area contributed by atoms with Gasteiger partial charge in [0.25, 0.3) is 0 Å². The van der Waals surface area contributed by atoms with E-state index in [4.69, 9.17) is 0 Å². The molecular formula is C18H29N3. The van der Waals surface area contributed by atoms with E-state index in [9.17, 15) is 0 Å². The van der Waals surface area contributed by atoms with Gasteiger partial charge >= 0.3 is 0 Å². The highest BCUT2D eigenvalue weighted by Gasteiger charge is 2.26. The molecule has 0 bridgehead atoms. The first-order chi connectivity index (χ1) is 10.3. The van der Waals surface area contributed by atoms with Crippen LogP contribution in [0.5, 0.6) is 0 Å². The summed E-state index contributed by atoms with van der Waals surface area (Å²) in [7, 11) is 0. The number of hydrogen-bond acceptors (Lipinski definition) is 3. The molecule has 116 valence electrons. The van der Waals surface area contributed by atoms with Crippen LogP contribution in [0, 0.1) is 0 Å². The fourth-order valence-corrected chi connectivity index (χ4v) is 3.25. The SMILES string of the molecule is CCC(CNC1CC1)N1CCN(Cc2ccccc2)CC1. The van der Waals surface area contributed by atoms with Crippen molar-refractivity contribution in [2.45, 2.75) is 44.8 Å². The topological polar surface area (TPSA) is 18.5 Å². The van der Waals surface area contributed by atoms with Crippen LogP contribution in [0.4, 0.5) is 0 Å². The molecule has 3 nitrogen and oxygen atoms in total. The Hall–Kier alpha value is -0.900. The van der Waals surface area contributed by atoms with Crippen molar-refractivity contribution >= 4 is 0 Å². The standard InChI is InChI=1S/C18H29N3/c1-2-18(14-19-17-8-9-17)21-12-10-20(11-13-21)15-16-6-4-3-5-7-16/h3-7,17-19H,2,8-15H2,1H3. The normalized spacial score (nSPS) is 22.3. The summed E-state index contributed by atoms with van der Waals surface area (Å²) in [6, 6.07) is 12.4. The lowest BCUT2D eigenvalue weighted by Crippen LogP contribution is -2.52. The van der Waals surface area contributed by atoms with Gasteiger partial charge in [-0.15, -0.1) is 0 Å². The van der Waals surface area contributed by atoms with Crippen molar-refractivity contribution in [1.82, 2.24) is 15.1 Å². The fourth-order valence-electron chi connectivity index (χ4n) is 3.25. The highest BCUT2D eigenvalue weighted by Crippen LogP contribution is 2.19. The Morgan fingerprint density at radius 2 is 1.81 bits per heavy atom. The Morgan fingerprint density at radius 1 is 1.10 bits per heavy atom. The monoisotopic (exact) mass is 287 g/mol. The lowest BCUT2D eigenvalue weighted by molar-refractivity contribution is 0.0891. The highest BCUT2D eigenvalue weighted by atomic mass is 15.3. The summed E-state index contributed by atoms with van der Waals surface area (Å²) < 4.78 is 0. The zero-order valence-corrected chi connectivity index (χ0v) is 13.3. The average Bonchev–Trinajstić information content (AvgIpc) is 3.35. The molecule has 0 aromatic heterocycles. The summed E-state index contributed by atoms with van der Waals surface area (Å²) in [4.78, 5) is 5.28. The van der Waals surface area contributed by atoms with Gasteiger partial charge in [-0.05, 0) is 24.8 Å². The van der Waals surface area contributed by atoms with Crippen molar-refractivity contribution in [3.63, 3.8) is 0 Å². The van der Waals surface area contributed by atoms with Gasteiger partial charge < -0.3 is 5.32 Å². The van der Waals surface area contributed by atoms with Crippen LogP contribution in [0.25, 0.3) is 0 Å². The second-order valence-electron chi connectivity index (χ2n) is 6.54. The van der Waals surface area contributed by atoms with E-state index >= 15 is 0 Å². The van der Waals surface area contributed by atoms with Crippen LogP contribution in [0.15, 0.2) is 30.3 Å². The number of nitrogens with one attached hydrogen (secondary N) is 1. The van der Waals surface area contributed by atoms with Crippen molar-refractivity contribution in [1.29, 1.82) is 0 Å². The summed E-state index contributed by atoms with van der Waals surface area (Å²) in [5, 5.41) is 3.70. The zero-order valence-electron chi connectivity index (χ0n) is 13.3. The molecule has 1 aromatic carbocycles. The third-order valence-corrected chi connectivity index (χ3v) is 4.86. The first-order valence-electron chi connectivity index (χ1n) is 8.59. The molecule has 1 unspecified atom stereocenters. The van der Waals surface area contributed by atoms with Gasteiger partial charge in [0.15, 0.2) is 0 Å². The number of nitrogens with zero attached hydrogens (tertiary/aromatic N) is 2. The Balaban J connectivity index is 1.42. The number of rotatable bonds is 7. The Bertz CT molecular complexity index is 408. The third kappa shape index (κ3) is 4.53. The maximum absolute atomic E-state index is 3.70. The summed E-state index contributed by atoms with van der Waals surface area (Å²) >= 11 is 0. The van der Waals surface area contributed by atoms with Crippen LogP contribution in [0.2, 0.25) is 0 Å². The van der Waals surface area contributed by atoms with Crippen LogP contribution >= 0.6 is 0 Å². The maximum atomic E-state index is 3.70. The molecule has 1 aliphatic carbocycles.